The molecule has 1 aromatic heterocycles. The maximum atomic E-state index is 13.8. The summed E-state index contributed by atoms with van der Waals surface area (Å²) >= 11 is 0. The third-order valence-electron chi connectivity index (χ3n) is 3.28. The van der Waals surface area contributed by atoms with Gasteiger partial charge in [0, 0.05) is 29.3 Å². The van der Waals surface area contributed by atoms with Gasteiger partial charge >= 0.3 is 0 Å². The van der Waals surface area contributed by atoms with Crippen LogP contribution in [0.1, 0.15) is 17.2 Å². The van der Waals surface area contributed by atoms with Gasteiger partial charge in [0.15, 0.2) is 0 Å². The molecule has 1 N–H and O–H groups in total. The first kappa shape index (κ1) is 13.6. The predicted molar refractivity (Wildman–Crippen MR) is 72.1 cm³/mol. The number of hydrogen-bond donors (Lipinski definition) is 1. The standard InChI is InChI=1S/C16H10F3NO/c17-10-7-12(18)14(13(19)8-10)16(21)11-5-1-3-9-4-2-6-20-15(9)11/h1-8,16,21H. The highest BCUT2D eigenvalue weighted by molar-refractivity contribution is 5.82. The third-order valence-corrected chi connectivity index (χ3v) is 3.28. The number of rotatable bonds is 2. The van der Waals surface area contributed by atoms with Crippen molar-refractivity contribution in [1.82, 2.24) is 4.98 Å². The number of hydrogen-bond acceptors (Lipinski definition) is 2. The Morgan fingerprint density at radius 2 is 1.62 bits per heavy atom. The maximum Gasteiger partial charge on any atom is 0.135 e. The van der Waals surface area contributed by atoms with Crippen molar-refractivity contribution >= 4 is 10.9 Å². The average Bonchev–Trinajstić information content (AvgIpc) is 2.45. The van der Waals surface area contributed by atoms with E-state index in [1.807, 2.05) is 0 Å². The largest absolute Gasteiger partial charge is 0.383 e. The van der Waals surface area contributed by atoms with Gasteiger partial charge in [-0.05, 0) is 6.07 Å². The lowest BCUT2D eigenvalue weighted by atomic mass is 9.98. The molecule has 0 fully saturated rings. The Morgan fingerprint density at radius 3 is 2.33 bits per heavy atom. The van der Waals surface area contributed by atoms with Crippen LogP contribution in [0.4, 0.5) is 13.2 Å². The van der Waals surface area contributed by atoms with Gasteiger partial charge < -0.3 is 5.11 Å². The zero-order valence-electron chi connectivity index (χ0n) is 10.7. The molecule has 0 spiro atoms. The molecule has 0 aliphatic carbocycles. The van der Waals surface area contributed by atoms with Crippen molar-refractivity contribution in [3.63, 3.8) is 0 Å². The van der Waals surface area contributed by atoms with E-state index in [-0.39, 0.29) is 5.56 Å². The Bertz CT molecular complexity index is 791. The fourth-order valence-electron chi connectivity index (χ4n) is 2.32. The molecule has 5 heteroatoms. The summed E-state index contributed by atoms with van der Waals surface area (Å²) in [6.07, 6.45) is -0.0418. The molecule has 0 saturated carbocycles. The van der Waals surface area contributed by atoms with Gasteiger partial charge in [0.05, 0.1) is 11.1 Å². The van der Waals surface area contributed by atoms with E-state index in [2.05, 4.69) is 4.98 Å². The van der Waals surface area contributed by atoms with E-state index in [0.717, 1.165) is 5.39 Å². The van der Waals surface area contributed by atoms with E-state index >= 15 is 0 Å². The number of pyridine rings is 1. The average molecular weight is 289 g/mol. The topological polar surface area (TPSA) is 33.1 Å². The lowest BCUT2D eigenvalue weighted by Crippen LogP contribution is -2.07. The van der Waals surface area contributed by atoms with Crippen LogP contribution in [-0.2, 0) is 0 Å². The minimum Gasteiger partial charge on any atom is -0.383 e. The van der Waals surface area contributed by atoms with Gasteiger partial charge in [0.25, 0.3) is 0 Å². The van der Waals surface area contributed by atoms with E-state index in [4.69, 9.17) is 0 Å². The van der Waals surface area contributed by atoms with Crippen LogP contribution in [0.2, 0.25) is 0 Å². The van der Waals surface area contributed by atoms with Crippen LogP contribution in [0.3, 0.4) is 0 Å². The van der Waals surface area contributed by atoms with Crippen LogP contribution >= 0.6 is 0 Å². The fourth-order valence-corrected chi connectivity index (χ4v) is 2.32. The molecule has 1 atom stereocenters. The lowest BCUT2D eigenvalue weighted by molar-refractivity contribution is 0.210. The van der Waals surface area contributed by atoms with Crippen molar-refractivity contribution in [2.24, 2.45) is 0 Å². The van der Waals surface area contributed by atoms with Crippen molar-refractivity contribution in [3.05, 3.63) is 77.2 Å². The SMILES string of the molecule is OC(c1c(F)cc(F)cc1F)c1cccc2cccnc12. The molecule has 106 valence electrons. The van der Waals surface area contributed by atoms with Crippen LogP contribution in [0.15, 0.2) is 48.7 Å². The predicted octanol–water partition coefficient (Wildman–Crippen LogP) is 3.73. The normalized spacial score (nSPS) is 12.6. The Kier molecular flexibility index (Phi) is 3.35. The lowest BCUT2D eigenvalue weighted by Gasteiger charge is -2.15. The Labute approximate surface area is 118 Å². The fraction of sp³-hybridized carbons (Fsp3) is 0.0625. The number of aromatic nitrogens is 1. The van der Waals surface area contributed by atoms with E-state index in [1.54, 1.807) is 24.3 Å². The summed E-state index contributed by atoms with van der Waals surface area (Å²) in [5.74, 6) is -3.29. The molecular weight excluding hydrogens is 279 g/mol. The van der Waals surface area contributed by atoms with Crippen LogP contribution < -0.4 is 0 Å². The Hall–Kier alpha value is -2.40. The summed E-state index contributed by atoms with van der Waals surface area (Å²) < 4.78 is 40.5. The molecule has 0 saturated heterocycles. The second-order valence-corrected chi connectivity index (χ2v) is 4.61. The number of halogens is 3. The Balaban J connectivity index is 2.20. The molecule has 1 heterocycles. The molecule has 0 radical (unpaired) electrons. The monoisotopic (exact) mass is 289 g/mol. The van der Waals surface area contributed by atoms with Crippen molar-refractivity contribution in [1.29, 1.82) is 0 Å². The van der Waals surface area contributed by atoms with E-state index < -0.39 is 29.1 Å². The molecule has 2 nitrogen and oxygen atoms in total. The van der Waals surface area contributed by atoms with Gasteiger partial charge in [-0.3, -0.25) is 4.98 Å². The van der Waals surface area contributed by atoms with Gasteiger partial charge in [-0.25, -0.2) is 13.2 Å². The molecule has 1 unspecified atom stereocenters. The number of para-hydroxylation sites is 1. The molecule has 3 aromatic rings. The summed E-state index contributed by atoms with van der Waals surface area (Å²) in [6.45, 7) is 0. The van der Waals surface area contributed by atoms with Crippen LogP contribution in [0, 0.1) is 17.5 Å². The zero-order valence-corrected chi connectivity index (χ0v) is 10.7. The molecule has 3 rings (SSSR count). The van der Waals surface area contributed by atoms with Crippen LogP contribution in [-0.4, -0.2) is 10.1 Å². The minimum atomic E-state index is -1.57. The number of benzene rings is 2. The van der Waals surface area contributed by atoms with E-state index in [0.29, 0.717) is 17.6 Å². The molecule has 2 aromatic carbocycles. The maximum absolute atomic E-state index is 13.8. The molecular formula is C16H10F3NO. The van der Waals surface area contributed by atoms with Crippen molar-refractivity contribution < 1.29 is 18.3 Å². The molecule has 0 aliphatic heterocycles. The minimum absolute atomic E-state index is 0.262. The summed E-state index contributed by atoms with van der Waals surface area (Å²) in [6, 6.07) is 9.54. The van der Waals surface area contributed by atoms with Crippen molar-refractivity contribution in [2.75, 3.05) is 0 Å². The van der Waals surface area contributed by atoms with Gasteiger partial charge in [-0.1, -0.05) is 24.3 Å². The van der Waals surface area contributed by atoms with Crippen LogP contribution in [0.25, 0.3) is 10.9 Å². The summed E-state index contributed by atoms with van der Waals surface area (Å²) in [7, 11) is 0. The first-order valence-electron chi connectivity index (χ1n) is 6.24. The third kappa shape index (κ3) is 2.36. The summed E-state index contributed by atoms with van der Waals surface area (Å²) in [5.41, 5.74) is 0.114. The van der Waals surface area contributed by atoms with Crippen molar-refractivity contribution in [3.8, 4) is 0 Å². The quantitative estimate of drug-likeness (QED) is 0.779. The molecule has 0 bridgehead atoms. The van der Waals surface area contributed by atoms with E-state index in [9.17, 15) is 18.3 Å². The molecule has 0 aliphatic rings. The summed E-state index contributed by atoms with van der Waals surface area (Å²) in [4.78, 5) is 4.13. The first-order valence-corrected chi connectivity index (χ1v) is 6.24. The zero-order chi connectivity index (χ0) is 15.0. The molecule has 21 heavy (non-hydrogen) atoms. The highest BCUT2D eigenvalue weighted by atomic mass is 19.1. The molecule has 0 amide bonds. The first-order chi connectivity index (χ1) is 10.1. The van der Waals surface area contributed by atoms with Gasteiger partial charge in [-0.15, -0.1) is 0 Å². The van der Waals surface area contributed by atoms with Gasteiger partial charge in [0.1, 0.15) is 23.6 Å². The van der Waals surface area contributed by atoms with Gasteiger partial charge in [0.2, 0.25) is 0 Å². The second kappa shape index (κ2) is 5.18. The van der Waals surface area contributed by atoms with Crippen molar-refractivity contribution in [2.45, 2.75) is 6.10 Å². The number of aliphatic hydroxyl groups excluding tert-OH is 1. The van der Waals surface area contributed by atoms with E-state index in [1.165, 1.54) is 12.3 Å². The van der Waals surface area contributed by atoms with Crippen LogP contribution in [0.5, 0.6) is 0 Å². The smallest absolute Gasteiger partial charge is 0.135 e. The second-order valence-electron chi connectivity index (χ2n) is 4.61. The highest BCUT2D eigenvalue weighted by Gasteiger charge is 2.22. The number of fused-ring (bicyclic) bond motifs is 1. The highest BCUT2D eigenvalue weighted by Crippen LogP contribution is 2.31. The number of aliphatic hydroxyl groups is 1. The summed E-state index contributed by atoms with van der Waals surface area (Å²) in [5, 5.41) is 11.0. The van der Waals surface area contributed by atoms with Gasteiger partial charge in [-0.2, -0.15) is 0 Å². The number of nitrogens with zero attached hydrogens (tertiary/aromatic N) is 1. The Morgan fingerprint density at radius 1 is 0.952 bits per heavy atom.